The smallest absolute Gasteiger partial charge is 0.308 e. The maximum Gasteiger partial charge on any atom is 0.308 e. The zero-order valence-corrected chi connectivity index (χ0v) is 14.3. The van der Waals surface area contributed by atoms with Crippen molar-refractivity contribution < 1.29 is 14.3 Å². The molecule has 0 aliphatic rings. The van der Waals surface area contributed by atoms with E-state index < -0.39 is 12.1 Å². The van der Waals surface area contributed by atoms with Gasteiger partial charge in [-0.25, -0.2) is 0 Å². The predicted octanol–water partition coefficient (Wildman–Crippen LogP) is 2.26. The van der Waals surface area contributed by atoms with Crippen molar-refractivity contribution in [1.82, 2.24) is 5.32 Å². The van der Waals surface area contributed by atoms with Crippen LogP contribution in [0.4, 0.5) is 0 Å². The molecule has 1 amide bonds. The number of hydrogen-bond acceptors (Lipinski definition) is 4. The lowest BCUT2D eigenvalue weighted by Gasteiger charge is -2.20. The van der Waals surface area contributed by atoms with Crippen LogP contribution in [0.5, 0.6) is 0 Å². The van der Waals surface area contributed by atoms with Gasteiger partial charge in [-0.05, 0) is 33.3 Å². The normalized spacial score (nSPS) is 13.0. The maximum absolute atomic E-state index is 11.9. The number of benzene rings is 1. The second-order valence-electron chi connectivity index (χ2n) is 5.50. The number of ether oxygens (including phenoxy) is 1. The molecule has 0 spiro atoms. The molecule has 1 unspecified atom stereocenters. The quantitative estimate of drug-likeness (QED) is 0.785. The molecule has 0 fully saturated rings. The van der Waals surface area contributed by atoms with Crippen LogP contribution in [0, 0.1) is 6.92 Å². The Morgan fingerprint density at radius 1 is 1.18 bits per heavy atom. The second kappa shape index (κ2) is 9.43. The van der Waals surface area contributed by atoms with Crippen LogP contribution in [0.3, 0.4) is 0 Å². The van der Waals surface area contributed by atoms with E-state index in [0.29, 0.717) is 0 Å². The van der Waals surface area contributed by atoms with Gasteiger partial charge in [0.1, 0.15) is 0 Å². The fourth-order valence-corrected chi connectivity index (χ4v) is 1.83. The number of nitrogens with two attached hydrogens (primary N) is 1. The van der Waals surface area contributed by atoms with Crippen LogP contribution in [-0.2, 0) is 14.3 Å². The molecule has 124 valence electrons. The third-order valence-corrected chi connectivity index (χ3v) is 2.95. The maximum atomic E-state index is 11.9. The Kier molecular flexibility index (Phi) is 8.75. The summed E-state index contributed by atoms with van der Waals surface area (Å²) in [5.41, 5.74) is 7.54. The number of esters is 1. The molecule has 0 saturated heterocycles. The summed E-state index contributed by atoms with van der Waals surface area (Å²) in [5, 5.41) is 2.79. The Morgan fingerprint density at radius 2 is 1.73 bits per heavy atom. The number of halogens is 1. The molecule has 0 saturated carbocycles. The summed E-state index contributed by atoms with van der Waals surface area (Å²) in [6.07, 6.45) is -0.0972. The van der Waals surface area contributed by atoms with Crippen LogP contribution in [-0.4, -0.2) is 24.0 Å². The van der Waals surface area contributed by atoms with E-state index in [1.165, 1.54) is 0 Å². The standard InChI is InChI=1S/C16H24N2O3.ClH/c1-10(2)21-15(19)9-14(18-16(20)12(4)17)13-7-5-11(3)6-8-13;/h5-8,10,12,14H,9,17H2,1-4H3,(H,18,20);1H/t12-,14?;/m1./s1. The molecule has 2 atom stereocenters. The van der Waals surface area contributed by atoms with Crippen LogP contribution in [0.1, 0.15) is 44.4 Å². The van der Waals surface area contributed by atoms with Gasteiger partial charge in [-0.15, -0.1) is 12.4 Å². The first-order valence-corrected chi connectivity index (χ1v) is 7.11. The molecule has 5 nitrogen and oxygen atoms in total. The zero-order chi connectivity index (χ0) is 16.0. The van der Waals surface area contributed by atoms with Crippen molar-refractivity contribution in [2.24, 2.45) is 5.73 Å². The zero-order valence-electron chi connectivity index (χ0n) is 13.5. The summed E-state index contributed by atoms with van der Waals surface area (Å²) in [5.74, 6) is -0.640. The lowest BCUT2D eigenvalue weighted by Crippen LogP contribution is -2.41. The highest BCUT2D eigenvalue weighted by Crippen LogP contribution is 2.18. The van der Waals surface area contributed by atoms with Gasteiger partial charge in [0.05, 0.1) is 24.6 Å². The first-order chi connectivity index (χ1) is 9.79. The van der Waals surface area contributed by atoms with E-state index in [0.717, 1.165) is 11.1 Å². The molecule has 22 heavy (non-hydrogen) atoms. The second-order valence-corrected chi connectivity index (χ2v) is 5.50. The van der Waals surface area contributed by atoms with Crippen molar-refractivity contribution in [1.29, 1.82) is 0 Å². The van der Waals surface area contributed by atoms with E-state index in [-0.39, 0.29) is 36.8 Å². The first-order valence-electron chi connectivity index (χ1n) is 7.11. The fraction of sp³-hybridized carbons (Fsp3) is 0.500. The number of rotatable bonds is 6. The summed E-state index contributed by atoms with van der Waals surface area (Å²) in [4.78, 5) is 23.7. The van der Waals surface area contributed by atoms with E-state index in [1.54, 1.807) is 20.8 Å². The van der Waals surface area contributed by atoms with E-state index in [1.807, 2.05) is 31.2 Å². The SMILES string of the molecule is Cc1ccc(C(CC(=O)OC(C)C)NC(=O)[C@@H](C)N)cc1.Cl. The van der Waals surface area contributed by atoms with Crippen LogP contribution in [0.25, 0.3) is 0 Å². The highest BCUT2D eigenvalue weighted by molar-refractivity contribution is 5.85. The Hall–Kier alpha value is -1.59. The molecule has 0 heterocycles. The topological polar surface area (TPSA) is 81.4 Å². The highest BCUT2D eigenvalue weighted by atomic mass is 35.5. The van der Waals surface area contributed by atoms with Gasteiger partial charge in [0.25, 0.3) is 0 Å². The van der Waals surface area contributed by atoms with E-state index in [4.69, 9.17) is 10.5 Å². The van der Waals surface area contributed by atoms with Gasteiger partial charge >= 0.3 is 5.97 Å². The van der Waals surface area contributed by atoms with E-state index in [2.05, 4.69) is 5.32 Å². The first kappa shape index (κ1) is 20.4. The van der Waals surface area contributed by atoms with Crippen molar-refractivity contribution in [2.45, 2.75) is 52.3 Å². The number of amides is 1. The third kappa shape index (κ3) is 6.91. The molecular weight excluding hydrogens is 304 g/mol. The Bertz CT molecular complexity index is 487. The molecule has 0 aliphatic heterocycles. The molecule has 3 N–H and O–H groups in total. The fourth-order valence-electron chi connectivity index (χ4n) is 1.83. The number of carbonyl (C=O) groups is 2. The minimum absolute atomic E-state index is 0. The summed E-state index contributed by atoms with van der Waals surface area (Å²) in [7, 11) is 0. The molecule has 0 aromatic heterocycles. The van der Waals surface area contributed by atoms with Gasteiger partial charge in [-0.3, -0.25) is 9.59 Å². The number of aryl methyl sites for hydroxylation is 1. The average Bonchev–Trinajstić information content (AvgIpc) is 2.37. The average molecular weight is 329 g/mol. The van der Waals surface area contributed by atoms with E-state index >= 15 is 0 Å². The van der Waals surface area contributed by atoms with Gasteiger partial charge in [0.2, 0.25) is 5.91 Å². The minimum Gasteiger partial charge on any atom is -0.463 e. The van der Waals surface area contributed by atoms with Crippen LogP contribution < -0.4 is 11.1 Å². The Balaban J connectivity index is 0.00000441. The van der Waals surface area contributed by atoms with Crippen LogP contribution >= 0.6 is 12.4 Å². The monoisotopic (exact) mass is 328 g/mol. The van der Waals surface area contributed by atoms with Gasteiger partial charge in [-0.1, -0.05) is 29.8 Å². The molecule has 0 bridgehead atoms. The summed E-state index contributed by atoms with van der Waals surface area (Å²) < 4.78 is 5.15. The molecule has 1 aromatic rings. The number of nitrogens with one attached hydrogen (secondary N) is 1. The predicted molar refractivity (Wildman–Crippen MR) is 88.8 cm³/mol. The lowest BCUT2D eigenvalue weighted by atomic mass is 10.0. The summed E-state index contributed by atoms with van der Waals surface area (Å²) >= 11 is 0. The highest BCUT2D eigenvalue weighted by Gasteiger charge is 2.21. The summed E-state index contributed by atoms with van der Waals surface area (Å²) in [6, 6.07) is 6.60. The van der Waals surface area contributed by atoms with Crippen molar-refractivity contribution in [2.75, 3.05) is 0 Å². The number of carbonyl (C=O) groups excluding carboxylic acids is 2. The molecule has 0 aliphatic carbocycles. The van der Waals surface area contributed by atoms with Crippen LogP contribution in [0.2, 0.25) is 0 Å². The number of hydrogen-bond donors (Lipinski definition) is 2. The third-order valence-electron chi connectivity index (χ3n) is 2.95. The lowest BCUT2D eigenvalue weighted by molar-refractivity contribution is -0.148. The molecule has 1 aromatic carbocycles. The van der Waals surface area contributed by atoms with E-state index in [9.17, 15) is 9.59 Å². The van der Waals surface area contributed by atoms with Gasteiger partial charge in [0.15, 0.2) is 0 Å². The van der Waals surface area contributed by atoms with Crippen molar-refractivity contribution in [3.8, 4) is 0 Å². The largest absolute Gasteiger partial charge is 0.463 e. The minimum atomic E-state index is -0.626. The van der Waals surface area contributed by atoms with Gasteiger partial charge in [0, 0.05) is 0 Å². The summed E-state index contributed by atoms with van der Waals surface area (Å²) in [6.45, 7) is 7.17. The Labute approximate surface area is 138 Å². The molecule has 1 rings (SSSR count). The molecule has 6 heteroatoms. The van der Waals surface area contributed by atoms with Crippen LogP contribution in [0.15, 0.2) is 24.3 Å². The van der Waals surface area contributed by atoms with Crippen molar-refractivity contribution in [3.63, 3.8) is 0 Å². The molecular formula is C16H25ClN2O3. The Morgan fingerprint density at radius 3 is 2.18 bits per heavy atom. The van der Waals surface area contributed by atoms with Gasteiger partial charge in [-0.2, -0.15) is 0 Å². The van der Waals surface area contributed by atoms with Crippen molar-refractivity contribution >= 4 is 24.3 Å². The van der Waals surface area contributed by atoms with Crippen molar-refractivity contribution in [3.05, 3.63) is 35.4 Å². The molecule has 0 radical (unpaired) electrons. The van der Waals surface area contributed by atoms with Gasteiger partial charge < -0.3 is 15.8 Å².